The fourth-order valence-electron chi connectivity index (χ4n) is 1.86. The van der Waals surface area contributed by atoms with E-state index in [0.717, 1.165) is 25.1 Å². The number of carbonyl (C=O) groups is 1. The summed E-state index contributed by atoms with van der Waals surface area (Å²) in [7, 11) is 0. The smallest absolute Gasteiger partial charge is 0.164 e. The van der Waals surface area contributed by atoms with Crippen LogP contribution in [0.25, 0.3) is 0 Å². The fraction of sp³-hybridized carbons (Fsp3) is 0.286. The number of hydrogen-bond donors (Lipinski definition) is 1. The molecule has 0 aliphatic carbocycles. The second-order valence-electron chi connectivity index (χ2n) is 4.29. The molecular formula is C14H14Cl2N2O. The van der Waals surface area contributed by atoms with E-state index in [0.29, 0.717) is 22.0 Å². The van der Waals surface area contributed by atoms with E-state index >= 15 is 0 Å². The molecule has 1 aromatic heterocycles. The Morgan fingerprint density at radius 2 is 2.11 bits per heavy atom. The maximum atomic E-state index is 12.0. The molecule has 0 saturated heterocycles. The molecule has 0 unspecified atom stereocenters. The second kappa shape index (κ2) is 6.73. The van der Waals surface area contributed by atoms with Crippen LogP contribution in [-0.2, 0) is 6.42 Å². The predicted octanol–water partition coefficient (Wildman–Crippen LogP) is 4.31. The van der Waals surface area contributed by atoms with Gasteiger partial charge in [-0.05, 0) is 31.0 Å². The molecular weight excluding hydrogens is 283 g/mol. The monoisotopic (exact) mass is 296 g/mol. The summed E-state index contributed by atoms with van der Waals surface area (Å²) in [5, 5.41) is 0.961. The van der Waals surface area contributed by atoms with Gasteiger partial charge in [-0.3, -0.25) is 4.79 Å². The molecule has 5 heteroatoms. The molecule has 0 spiro atoms. The Kier molecular flexibility index (Phi) is 5.00. The average molecular weight is 297 g/mol. The first-order chi connectivity index (χ1) is 9.16. The number of H-pyrrole nitrogens is 1. The lowest BCUT2D eigenvalue weighted by Crippen LogP contribution is -2.00. The largest absolute Gasteiger partial charge is 0.349 e. The van der Waals surface area contributed by atoms with Gasteiger partial charge in [-0.25, -0.2) is 4.98 Å². The summed E-state index contributed by atoms with van der Waals surface area (Å²) in [4.78, 5) is 19.2. The summed E-state index contributed by atoms with van der Waals surface area (Å²) in [6.07, 6.45) is 6.61. The zero-order valence-corrected chi connectivity index (χ0v) is 11.8. The van der Waals surface area contributed by atoms with Crippen molar-refractivity contribution in [1.29, 1.82) is 0 Å². The number of nitrogens with one attached hydrogen (secondary N) is 1. The van der Waals surface area contributed by atoms with Crippen molar-refractivity contribution in [3.8, 4) is 0 Å². The second-order valence-corrected chi connectivity index (χ2v) is 5.13. The molecule has 2 rings (SSSR count). The number of aromatic amines is 1. The summed E-state index contributed by atoms with van der Waals surface area (Å²) < 4.78 is 0. The van der Waals surface area contributed by atoms with Crippen LogP contribution in [0.3, 0.4) is 0 Å². The molecule has 1 N–H and O–H groups in total. The molecule has 0 aliphatic heterocycles. The molecule has 1 heterocycles. The minimum atomic E-state index is 0.0566. The minimum Gasteiger partial charge on any atom is -0.349 e. The van der Waals surface area contributed by atoms with Crippen LogP contribution in [-0.4, -0.2) is 15.8 Å². The zero-order valence-electron chi connectivity index (χ0n) is 10.3. The molecule has 0 fully saturated rings. The molecule has 0 radical (unpaired) electrons. The third kappa shape index (κ3) is 4.08. The van der Waals surface area contributed by atoms with Crippen molar-refractivity contribution in [3.05, 3.63) is 52.0 Å². The van der Waals surface area contributed by atoms with E-state index < -0.39 is 0 Å². The number of unbranched alkanes of at least 4 members (excludes halogenated alkanes) is 1. The first-order valence-corrected chi connectivity index (χ1v) is 6.89. The van der Waals surface area contributed by atoms with E-state index in [1.807, 2.05) is 0 Å². The Hall–Kier alpha value is -1.32. The normalized spacial score (nSPS) is 10.6. The number of ketones is 1. The SMILES string of the molecule is O=C(CCCCc1ncc[nH]1)c1ccc(Cl)cc1Cl. The van der Waals surface area contributed by atoms with Crippen molar-refractivity contribution in [3.63, 3.8) is 0 Å². The number of hydrogen-bond acceptors (Lipinski definition) is 2. The lowest BCUT2D eigenvalue weighted by atomic mass is 10.0. The highest BCUT2D eigenvalue weighted by atomic mass is 35.5. The van der Waals surface area contributed by atoms with Crippen molar-refractivity contribution in [2.45, 2.75) is 25.7 Å². The number of halogens is 2. The zero-order chi connectivity index (χ0) is 13.7. The van der Waals surface area contributed by atoms with Crippen molar-refractivity contribution >= 4 is 29.0 Å². The summed E-state index contributed by atoms with van der Waals surface area (Å²) in [6, 6.07) is 4.96. The Morgan fingerprint density at radius 1 is 1.26 bits per heavy atom. The van der Waals surface area contributed by atoms with Gasteiger partial charge in [-0.1, -0.05) is 23.2 Å². The van der Waals surface area contributed by atoms with Crippen LogP contribution < -0.4 is 0 Å². The molecule has 1 aromatic carbocycles. The van der Waals surface area contributed by atoms with E-state index in [-0.39, 0.29) is 5.78 Å². The minimum absolute atomic E-state index is 0.0566. The van der Waals surface area contributed by atoms with Gasteiger partial charge < -0.3 is 4.98 Å². The summed E-state index contributed by atoms with van der Waals surface area (Å²) in [6.45, 7) is 0. The summed E-state index contributed by atoms with van der Waals surface area (Å²) >= 11 is 11.8. The van der Waals surface area contributed by atoms with Gasteiger partial charge in [0.25, 0.3) is 0 Å². The van der Waals surface area contributed by atoms with E-state index in [2.05, 4.69) is 9.97 Å². The standard InChI is InChI=1S/C14H14Cl2N2O/c15-10-5-6-11(12(16)9-10)13(19)3-1-2-4-14-17-7-8-18-14/h5-9H,1-4H2,(H,17,18). The molecule has 19 heavy (non-hydrogen) atoms. The fourth-order valence-corrected chi connectivity index (χ4v) is 2.38. The van der Waals surface area contributed by atoms with Crippen LogP contribution in [0.15, 0.2) is 30.6 Å². The van der Waals surface area contributed by atoms with Crippen molar-refractivity contribution in [2.75, 3.05) is 0 Å². The van der Waals surface area contributed by atoms with Gasteiger partial charge in [0.05, 0.1) is 5.02 Å². The van der Waals surface area contributed by atoms with Gasteiger partial charge in [-0.15, -0.1) is 0 Å². The Morgan fingerprint density at radius 3 is 2.79 bits per heavy atom. The van der Waals surface area contributed by atoms with Crippen molar-refractivity contribution in [1.82, 2.24) is 9.97 Å². The third-order valence-corrected chi connectivity index (χ3v) is 3.40. The van der Waals surface area contributed by atoms with E-state index in [1.54, 1.807) is 30.6 Å². The molecule has 3 nitrogen and oxygen atoms in total. The van der Waals surface area contributed by atoms with Crippen molar-refractivity contribution in [2.24, 2.45) is 0 Å². The topological polar surface area (TPSA) is 45.8 Å². The molecule has 100 valence electrons. The van der Waals surface area contributed by atoms with E-state index in [1.165, 1.54) is 0 Å². The third-order valence-electron chi connectivity index (χ3n) is 2.85. The van der Waals surface area contributed by atoms with Crippen LogP contribution in [0.2, 0.25) is 10.0 Å². The number of aromatic nitrogens is 2. The lowest BCUT2D eigenvalue weighted by Gasteiger charge is -2.04. The van der Waals surface area contributed by atoms with Gasteiger partial charge in [0, 0.05) is 35.8 Å². The first kappa shape index (κ1) is 14.1. The number of carbonyl (C=O) groups excluding carboxylic acids is 1. The molecule has 0 atom stereocenters. The average Bonchev–Trinajstić information content (AvgIpc) is 2.87. The molecule has 0 aliphatic rings. The van der Waals surface area contributed by atoms with E-state index in [4.69, 9.17) is 23.2 Å². The number of aryl methyl sites for hydroxylation is 1. The Bertz CT molecular complexity index is 553. The van der Waals surface area contributed by atoms with Gasteiger partial charge in [0.15, 0.2) is 5.78 Å². The molecule has 2 aromatic rings. The van der Waals surface area contributed by atoms with Crippen LogP contribution in [0.4, 0.5) is 0 Å². The quantitative estimate of drug-likeness (QED) is 0.638. The van der Waals surface area contributed by atoms with Crippen LogP contribution in [0, 0.1) is 0 Å². The lowest BCUT2D eigenvalue weighted by molar-refractivity contribution is 0.0979. The van der Waals surface area contributed by atoms with Crippen LogP contribution >= 0.6 is 23.2 Å². The van der Waals surface area contributed by atoms with Gasteiger partial charge >= 0.3 is 0 Å². The number of imidazole rings is 1. The van der Waals surface area contributed by atoms with Crippen LogP contribution in [0.1, 0.15) is 35.4 Å². The molecule has 0 amide bonds. The summed E-state index contributed by atoms with van der Waals surface area (Å²) in [5.74, 6) is 1.01. The highest BCUT2D eigenvalue weighted by molar-refractivity contribution is 6.36. The molecule has 0 saturated carbocycles. The highest BCUT2D eigenvalue weighted by Gasteiger charge is 2.10. The maximum Gasteiger partial charge on any atom is 0.164 e. The number of nitrogens with zero attached hydrogens (tertiary/aromatic N) is 1. The predicted molar refractivity (Wildman–Crippen MR) is 76.9 cm³/mol. The van der Waals surface area contributed by atoms with E-state index in [9.17, 15) is 4.79 Å². The van der Waals surface area contributed by atoms with Crippen molar-refractivity contribution < 1.29 is 4.79 Å². The number of Topliss-reactive ketones (excluding diaryl/α,β-unsaturated/α-hetero) is 1. The van der Waals surface area contributed by atoms with Gasteiger partial charge in [-0.2, -0.15) is 0 Å². The van der Waals surface area contributed by atoms with Gasteiger partial charge in [0.1, 0.15) is 5.82 Å². The Labute approximate surface area is 122 Å². The number of rotatable bonds is 6. The number of benzene rings is 1. The summed E-state index contributed by atoms with van der Waals surface area (Å²) in [5.41, 5.74) is 0.545. The highest BCUT2D eigenvalue weighted by Crippen LogP contribution is 2.22. The Balaban J connectivity index is 1.81. The van der Waals surface area contributed by atoms with Gasteiger partial charge in [0.2, 0.25) is 0 Å². The first-order valence-electron chi connectivity index (χ1n) is 6.13. The van der Waals surface area contributed by atoms with Crippen LogP contribution in [0.5, 0.6) is 0 Å². The molecule has 0 bridgehead atoms. The maximum absolute atomic E-state index is 12.0.